The van der Waals surface area contributed by atoms with Crippen molar-refractivity contribution in [1.29, 1.82) is 0 Å². The van der Waals surface area contributed by atoms with E-state index in [1.54, 1.807) is 18.2 Å². The van der Waals surface area contributed by atoms with Crippen molar-refractivity contribution in [3.8, 4) is 11.5 Å². The van der Waals surface area contributed by atoms with E-state index in [1.807, 2.05) is 26.0 Å². The van der Waals surface area contributed by atoms with E-state index in [1.165, 1.54) is 12.8 Å². The van der Waals surface area contributed by atoms with E-state index in [2.05, 4.69) is 9.88 Å². The lowest BCUT2D eigenvalue weighted by atomic mass is 9.53. The maximum Gasteiger partial charge on any atom is 0.335 e. The Labute approximate surface area is 203 Å². The normalized spacial score (nSPS) is 31.4. The molecule has 0 unspecified atom stereocenters. The van der Waals surface area contributed by atoms with Gasteiger partial charge in [-0.15, -0.1) is 0 Å². The van der Waals surface area contributed by atoms with Gasteiger partial charge < -0.3 is 25.0 Å². The Morgan fingerprint density at radius 2 is 2.06 bits per heavy atom. The minimum atomic E-state index is -1.08. The molecule has 0 amide bonds. The van der Waals surface area contributed by atoms with Crippen molar-refractivity contribution in [1.82, 2.24) is 9.88 Å². The molecule has 4 N–H and O–H groups in total. The number of piperidine rings is 1. The molecule has 4 atom stereocenters. The SMILES string of the molecule is Cc1c([C@@H]2Oc3c(O)ccc4c3[C@@]23CCN(CC2CC2)[C@H](C4)[C@@]3(C)O)[nH]c2cc(C(=O)O)ccc12. The highest BCUT2D eigenvalue weighted by atomic mass is 16.5. The van der Waals surface area contributed by atoms with Gasteiger partial charge in [0.25, 0.3) is 0 Å². The summed E-state index contributed by atoms with van der Waals surface area (Å²) in [6.07, 6.45) is 3.46. The number of benzene rings is 2. The maximum atomic E-state index is 12.4. The molecule has 4 aliphatic rings. The minimum Gasteiger partial charge on any atom is -0.504 e. The van der Waals surface area contributed by atoms with Crippen LogP contribution in [0.15, 0.2) is 30.3 Å². The highest BCUT2D eigenvalue weighted by Gasteiger charge is 2.69. The molecule has 3 heterocycles. The number of ether oxygens (including phenoxy) is 1. The molecule has 2 aliphatic heterocycles. The van der Waals surface area contributed by atoms with Crippen molar-refractivity contribution in [2.75, 3.05) is 13.1 Å². The highest BCUT2D eigenvalue weighted by Crippen LogP contribution is 2.66. The Balaban J connectivity index is 1.43. The first kappa shape index (κ1) is 21.3. The number of aromatic nitrogens is 1. The number of aromatic carboxylic acids is 1. The number of phenolic OH excluding ortho intramolecular Hbond substituents is 1. The summed E-state index contributed by atoms with van der Waals surface area (Å²) < 4.78 is 6.60. The number of aromatic amines is 1. The van der Waals surface area contributed by atoms with Crippen LogP contribution in [0.5, 0.6) is 11.5 Å². The third-order valence-corrected chi connectivity index (χ3v) is 9.35. The summed E-state index contributed by atoms with van der Waals surface area (Å²) in [4.78, 5) is 17.5. The average molecular weight is 475 g/mol. The Morgan fingerprint density at radius 1 is 1.26 bits per heavy atom. The summed E-state index contributed by atoms with van der Waals surface area (Å²) in [6, 6.07) is 8.77. The molecular formula is C28H30N2O5. The van der Waals surface area contributed by atoms with E-state index < -0.39 is 23.1 Å². The summed E-state index contributed by atoms with van der Waals surface area (Å²) in [7, 11) is 0. The molecule has 35 heavy (non-hydrogen) atoms. The first-order valence-corrected chi connectivity index (χ1v) is 12.6. The minimum absolute atomic E-state index is 0.0331. The molecule has 2 fully saturated rings. The van der Waals surface area contributed by atoms with Crippen LogP contribution in [0.2, 0.25) is 0 Å². The Bertz CT molecular complexity index is 1400. The number of carboxylic acids is 1. The smallest absolute Gasteiger partial charge is 0.335 e. The lowest BCUT2D eigenvalue weighted by Crippen LogP contribution is -2.71. The number of fused-ring (bicyclic) bond motifs is 2. The third kappa shape index (κ3) is 2.65. The summed E-state index contributed by atoms with van der Waals surface area (Å²) >= 11 is 0. The van der Waals surface area contributed by atoms with Gasteiger partial charge in [0.2, 0.25) is 0 Å². The van der Waals surface area contributed by atoms with Crippen molar-refractivity contribution in [3.05, 3.63) is 58.3 Å². The molecule has 2 aliphatic carbocycles. The molecule has 0 radical (unpaired) electrons. The van der Waals surface area contributed by atoms with E-state index in [0.717, 1.165) is 58.7 Å². The molecule has 3 aromatic rings. The van der Waals surface area contributed by atoms with Crippen LogP contribution in [0.3, 0.4) is 0 Å². The standard InChI is InChI=1S/C28H30N2O5/c1-14-18-7-5-17(26(32)33)11-19(18)29-23(14)25-28-9-10-30(13-15-3-4-15)21(27(28,2)34)12-16-6-8-20(31)24(35-25)22(16)28/h5-8,11,15,21,25,29,31,34H,3-4,9-10,12-13H2,1-2H3,(H,32,33)/t21-,25+,27-,28+/m1/s1. The lowest BCUT2D eigenvalue weighted by Gasteiger charge is -2.59. The van der Waals surface area contributed by atoms with E-state index in [9.17, 15) is 20.1 Å². The number of H-pyrrole nitrogens is 1. The van der Waals surface area contributed by atoms with E-state index in [0.29, 0.717) is 12.2 Å². The van der Waals surface area contributed by atoms with E-state index in [4.69, 9.17) is 4.74 Å². The average Bonchev–Trinajstić information content (AvgIpc) is 3.47. The van der Waals surface area contributed by atoms with Crippen molar-refractivity contribution in [2.24, 2.45) is 5.92 Å². The lowest BCUT2D eigenvalue weighted by molar-refractivity contribution is -0.156. The molecule has 7 nitrogen and oxygen atoms in total. The number of carbonyl (C=O) groups is 1. The van der Waals surface area contributed by atoms with Gasteiger partial charge in [-0.3, -0.25) is 4.90 Å². The Hall–Kier alpha value is -3.03. The highest BCUT2D eigenvalue weighted by molar-refractivity contribution is 5.94. The molecule has 182 valence electrons. The number of carboxylic acid groups (broad SMARTS) is 1. The number of rotatable bonds is 4. The first-order chi connectivity index (χ1) is 16.7. The van der Waals surface area contributed by atoms with Gasteiger partial charge in [-0.1, -0.05) is 12.1 Å². The van der Waals surface area contributed by atoms with Crippen LogP contribution in [-0.2, 0) is 11.8 Å². The summed E-state index contributed by atoms with van der Waals surface area (Å²) in [5.74, 6) is 0.333. The van der Waals surface area contributed by atoms with Crippen LogP contribution < -0.4 is 4.74 Å². The Morgan fingerprint density at radius 3 is 2.80 bits per heavy atom. The molecule has 2 aromatic carbocycles. The van der Waals surface area contributed by atoms with Gasteiger partial charge in [-0.2, -0.15) is 0 Å². The van der Waals surface area contributed by atoms with Crippen LogP contribution in [0.1, 0.15) is 65.0 Å². The topological polar surface area (TPSA) is 106 Å². The monoisotopic (exact) mass is 474 g/mol. The van der Waals surface area contributed by atoms with Crippen molar-refractivity contribution < 1.29 is 24.9 Å². The molecule has 1 spiro atoms. The van der Waals surface area contributed by atoms with Gasteiger partial charge >= 0.3 is 5.97 Å². The predicted molar refractivity (Wildman–Crippen MR) is 130 cm³/mol. The molecule has 7 heteroatoms. The summed E-state index contributed by atoms with van der Waals surface area (Å²) in [6.45, 7) is 5.85. The molecule has 1 aromatic heterocycles. The van der Waals surface area contributed by atoms with Crippen LogP contribution in [0.4, 0.5) is 0 Å². The zero-order valence-corrected chi connectivity index (χ0v) is 20.0. The van der Waals surface area contributed by atoms with Gasteiger partial charge in [-0.25, -0.2) is 4.79 Å². The first-order valence-electron chi connectivity index (χ1n) is 12.6. The quantitative estimate of drug-likeness (QED) is 0.455. The van der Waals surface area contributed by atoms with Gasteiger partial charge in [0, 0.05) is 29.1 Å². The van der Waals surface area contributed by atoms with Gasteiger partial charge in [0.1, 0.15) is 0 Å². The number of likely N-dealkylation sites (tertiary alicyclic amines) is 1. The number of nitrogens with zero attached hydrogens (tertiary/aromatic N) is 1. The van der Waals surface area contributed by atoms with E-state index in [-0.39, 0.29) is 17.4 Å². The number of aryl methyl sites for hydroxylation is 1. The van der Waals surface area contributed by atoms with Crippen LogP contribution in [0.25, 0.3) is 10.9 Å². The van der Waals surface area contributed by atoms with Crippen LogP contribution in [-0.4, -0.2) is 55.9 Å². The second-order valence-electron chi connectivity index (χ2n) is 11.2. The number of phenols is 1. The summed E-state index contributed by atoms with van der Waals surface area (Å²) in [5, 5.41) is 33.6. The molecule has 2 bridgehead atoms. The molecule has 1 saturated carbocycles. The zero-order valence-electron chi connectivity index (χ0n) is 20.0. The predicted octanol–water partition coefficient (Wildman–Crippen LogP) is 4.04. The van der Waals surface area contributed by atoms with Crippen LogP contribution >= 0.6 is 0 Å². The Kier molecular flexibility index (Phi) is 4.13. The number of hydrogen-bond acceptors (Lipinski definition) is 5. The molecule has 1 saturated heterocycles. The second-order valence-corrected chi connectivity index (χ2v) is 11.2. The van der Waals surface area contributed by atoms with E-state index >= 15 is 0 Å². The van der Waals surface area contributed by atoms with Crippen LogP contribution in [0, 0.1) is 12.8 Å². The zero-order chi connectivity index (χ0) is 24.3. The summed E-state index contributed by atoms with van der Waals surface area (Å²) in [5.41, 5.74) is 3.04. The van der Waals surface area contributed by atoms with Crippen molar-refractivity contribution in [2.45, 2.75) is 62.7 Å². The largest absolute Gasteiger partial charge is 0.504 e. The second kappa shape index (κ2) is 6.80. The van der Waals surface area contributed by atoms with Crippen molar-refractivity contribution in [3.63, 3.8) is 0 Å². The van der Waals surface area contributed by atoms with Gasteiger partial charge in [0.05, 0.1) is 22.3 Å². The number of aromatic hydroxyl groups is 1. The number of hydrogen-bond donors (Lipinski definition) is 4. The third-order valence-electron chi connectivity index (χ3n) is 9.35. The fourth-order valence-electron chi connectivity index (χ4n) is 7.34. The molecular weight excluding hydrogens is 444 g/mol. The fraction of sp³-hybridized carbons (Fsp3) is 0.464. The number of nitrogens with one attached hydrogen (secondary N) is 1. The van der Waals surface area contributed by atoms with Crippen molar-refractivity contribution >= 4 is 16.9 Å². The number of aliphatic hydroxyl groups is 1. The fourth-order valence-corrected chi connectivity index (χ4v) is 7.34. The van der Waals surface area contributed by atoms with Gasteiger partial charge in [0.15, 0.2) is 17.6 Å². The molecule has 7 rings (SSSR count). The maximum absolute atomic E-state index is 12.4. The van der Waals surface area contributed by atoms with Gasteiger partial charge in [-0.05, 0) is 81.3 Å².